The molecular formula is C18H17FN2. The summed E-state index contributed by atoms with van der Waals surface area (Å²) >= 11 is 0. The van der Waals surface area contributed by atoms with Crippen LogP contribution in [-0.4, -0.2) is 4.98 Å². The molecule has 0 radical (unpaired) electrons. The number of rotatable bonds is 4. The Balaban J connectivity index is 1.76. The molecule has 0 saturated heterocycles. The molecule has 1 atom stereocenters. The molecule has 0 amide bonds. The number of pyridine rings is 1. The molecule has 1 aromatic heterocycles. The van der Waals surface area contributed by atoms with Gasteiger partial charge in [-0.05, 0) is 35.6 Å². The number of hydrogen-bond acceptors (Lipinski definition) is 2. The van der Waals surface area contributed by atoms with Crippen LogP contribution < -0.4 is 5.32 Å². The molecule has 0 spiro atoms. The summed E-state index contributed by atoms with van der Waals surface area (Å²) in [6.45, 7) is 2.80. The Morgan fingerprint density at radius 1 is 1.05 bits per heavy atom. The van der Waals surface area contributed by atoms with E-state index in [1.807, 2.05) is 36.7 Å². The molecule has 1 unspecified atom stereocenters. The van der Waals surface area contributed by atoms with Crippen molar-refractivity contribution in [3.05, 3.63) is 77.9 Å². The third-order valence-corrected chi connectivity index (χ3v) is 3.72. The Hall–Kier alpha value is -2.26. The Morgan fingerprint density at radius 3 is 2.62 bits per heavy atom. The molecule has 0 bridgehead atoms. The third-order valence-electron chi connectivity index (χ3n) is 3.72. The van der Waals surface area contributed by atoms with E-state index in [2.05, 4.69) is 29.4 Å². The zero-order valence-electron chi connectivity index (χ0n) is 11.9. The predicted octanol–water partition coefficient (Wildman–Crippen LogP) is 4.22. The van der Waals surface area contributed by atoms with Gasteiger partial charge in [0.2, 0.25) is 0 Å². The smallest absolute Gasteiger partial charge is 0.123 e. The minimum Gasteiger partial charge on any atom is -0.306 e. The lowest BCUT2D eigenvalue weighted by atomic mass is 10.1. The highest BCUT2D eigenvalue weighted by Crippen LogP contribution is 2.19. The van der Waals surface area contributed by atoms with Crippen molar-refractivity contribution < 1.29 is 4.39 Å². The van der Waals surface area contributed by atoms with Crippen LogP contribution in [0.4, 0.5) is 4.39 Å². The van der Waals surface area contributed by atoms with Gasteiger partial charge in [0.05, 0.1) is 0 Å². The van der Waals surface area contributed by atoms with E-state index >= 15 is 0 Å². The fraction of sp³-hybridized carbons (Fsp3) is 0.167. The van der Waals surface area contributed by atoms with Crippen molar-refractivity contribution in [1.82, 2.24) is 10.3 Å². The Labute approximate surface area is 123 Å². The van der Waals surface area contributed by atoms with Gasteiger partial charge < -0.3 is 5.32 Å². The molecule has 3 rings (SSSR count). The first-order chi connectivity index (χ1) is 10.2. The quantitative estimate of drug-likeness (QED) is 0.773. The zero-order valence-corrected chi connectivity index (χ0v) is 11.9. The average Bonchev–Trinajstić information content (AvgIpc) is 2.53. The van der Waals surface area contributed by atoms with Crippen LogP contribution in [0.2, 0.25) is 0 Å². The first kappa shape index (κ1) is 13.7. The average molecular weight is 280 g/mol. The molecule has 2 nitrogen and oxygen atoms in total. The third kappa shape index (κ3) is 3.09. The Bertz CT molecular complexity index is 732. The second-order valence-corrected chi connectivity index (χ2v) is 5.17. The molecule has 0 aliphatic heterocycles. The minimum absolute atomic E-state index is 0.157. The van der Waals surface area contributed by atoms with Crippen molar-refractivity contribution in [2.75, 3.05) is 0 Å². The normalized spacial score (nSPS) is 12.5. The molecule has 21 heavy (non-hydrogen) atoms. The van der Waals surface area contributed by atoms with Gasteiger partial charge in [-0.2, -0.15) is 0 Å². The summed E-state index contributed by atoms with van der Waals surface area (Å²) in [5.41, 5.74) is 2.24. The van der Waals surface area contributed by atoms with Crippen LogP contribution in [0.25, 0.3) is 10.8 Å². The van der Waals surface area contributed by atoms with E-state index < -0.39 is 0 Å². The van der Waals surface area contributed by atoms with Gasteiger partial charge >= 0.3 is 0 Å². The van der Waals surface area contributed by atoms with Crippen LogP contribution in [0, 0.1) is 5.82 Å². The monoisotopic (exact) mass is 280 g/mol. The van der Waals surface area contributed by atoms with Crippen LogP contribution in [-0.2, 0) is 6.54 Å². The van der Waals surface area contributed by atoms with Crippen molar-refractivity contribution in [2.24, 2.45) is 0 Å². The summed E-state index contributed by atoms with van der Waals surface area (Å²) < 4.78 is 12.9. The van der Waals surface area contributed by atoms with Gasteiger partial charge in [0.25, 0.3) is 0 Å². The van der Waals surface area contributed by atoms with Gasteiger partial charge in [0, 0.05) is 30.4 Å². The van der Waals surface area contributed by atoms with Crippen LogP contribution in [0.15, 0.2) is 60.9 Å². The van der Waals surface area contributed by atoms with E-state index in [9.17, 15) is 4.39 Å². The van der Waals surface area contributed by atoms with Crippen molar-refractivity contribution in [2.45, 2.75) is 19.5 Å². The highest BCUT2D eigenvalue weighted by molar-refractivity contribution is 5.84. The van der Waals surface area contributed by atoms with Gasteiger partial charge in [-0.25, -0.2) is 4.39 Å². The van der Waals surface area contributed by atoms with Crippen molar-refractivity contribution >= 4 is 10.8 Å². The van der Waals surface area contributed by atoms with Gasteiger partial charge in [-0.3, -0.25) is 4.98 Å². The molecule has 0 aliphatic rings. The number of hydrogen-bond donors (Lipinski definition) is 1. The summed E-state index contributed by atoms with van der Waals surface area (Å²) in [6.07, 6.45) is 3.77. The van der Waals surface area contributed by atoms with Gasteiger partial charge in [0.15, 0.2) is 0 Å². The number of benzene rings is 2. The topological polar surface area (TPSA) is 24.9 Å². The van der Waals surface area contributed by atoms with Gasteiger partial charge in [0.1, 0.15) is 5.82 Å². The molecule has 1 heterocycles. The molecule has 0 saturated carbocycles. The fourth-order valence-corrected chi connectivity index (χ4v) is 2.45. The lowest BCUT2D eigenvalue weighted by molar-refractivity contribution is 0.572. The van der Waals surface area contributed by atoms with Crippen molar-refractivity contribution in [1.29, 1.82) is 0 Å². The maximum absolute atomic E-state index is 12.9. The van der Waals surface area contributed by atoms with E-state index in [0.717, 1.165) is 17.5 Å². The maximum Gasteiger partial charge on any atom is 0.123 e. The van der Waals surface area contributed by atoms with E-state index in [-0.39, 0.29) is 11.9 Å². The predicted molar refractivity (Wildman–Crippen MR) is 83.4 cm³/mol. The molecule has 0 fully saturated rings. The molecule has 0 aliphatic carbocycles. The largest absolute Gasteiger partial charge is 0.306 e. The highest BCUT2D eigenvalue weighted by Gasteiger charge is 2.07. The van der Waals surface area contributed by atoms with Crippen LogP contribution in [0.3, 0.4) is 0 Å². The summed E-state index contributed by atoms with van der Waals surface area (Å²) in [5, 5.41) is 5.82. The second-order valence-electron chi connectivity index (χ2n) is 5.17. The van der Waals surface area contributed by atoms with Crippen LogP contribution >= 0.6 is 0 Å². The number of nitrogens with one attached hydrogen (secondary N) is 1. The number of fused-ring (bicyclic) bond motifs is 1. The number of aromatic nitrogens is 1. The van der Waals surface area contributed by atoms with Crippen molar-refractivity contribution in [3.8, 4) is 0 Å². The Kier molecular flexibility index (Phi) is 3.93. The summed E-state index contributed by atoms with van der Waals surface area (Å²) in [5.74, 6) is -0.204. The van der Waals surface area contributed by atoms with Gasteiger partial charge in [-0.15, -0.1) is 0 Å². The molecule has 106 valence electrons. The minimum atomic E-state index is -0.204. The molecule has 2 aromatic carbocycles. The number of nitrogens with zero attached hydrogens (tertiary/aromatic N) is 1. The molecule has 3 aromatic rings. The van der Waals surface area contributed by atoms with Gasteiger partial charge in [-0.1, -0.05) is 36.4 Å². The van der Waals surface area contributed by atoms with Crippen molar-refractivity contribution in [3.63, 3.8) is 0 Å². The summed E-state index contributed by atoms with van der Waals surface area (Å²) in [6, 6.07) is 15.0. The standard InChI is InChI=1S/C18H17FN2/c1-13(14-6-8-17(19)9-7-14)21-12-16-11-20-10-15-4-2-3-5-18(15)16/h2-11,13,21H,12H2,1H3. The second kappa shape index (κ2) is 6.02. The SMILES string of the molecule is CC(NCc1cncc2ccccc12)c1ccc(F)cc1. The molecular weight excluding hydrogens is 263 g/mol. The first-order valence-corrected chi connectivity index (χ1v) is 7.04. The molecule has 1 N–H and O–H groups in total. The highest BCUT2D eigenvalue weighted by atomic mass is 19.1. The summed E-state index contributed by atoms with van der Waals surface area (Å²) in [7, 11) is 0. The van der Waals surface area contributed by atoms with E-state index in [0.29, 0.717) is 0 Å². The maximum atomic E-state index is 12.9. The Morgan fingerprint density at radius 2 is 1.81 bits per heavy atom. The zero-order chi connectivity index (χ0) is 14.7. The van der Waals surface area contributed by atoms with Crippen LogP contribution in [0.5, 0.6) is 0 Å². The summed E-state index contributed by atoms with van der Waals surface area (Å²) in [4.78, 5) is 4.29. The lowest BCUT2D eigenvalue weighted by Crippen LogP contribution is -2.18. The first-order valence-electron chi connectivity index (χ1n) is 7.04. The fourth-order valence-electron chi connectivity index (χ4n) is 2.45. The van der Waals surface area contributed by atoms with E-state index in [1.54, 1.807) is 0 Å². The molecule has 3 heteroatoms. The number of halogens is 1. The van der Waals surface area contributed by atoms with E-state index in [4.69, 9.17) is 0 Å². The lowest BCUT2D eigenvalue weighted by Gasteiger charge is -2.15. The van der Waals surface area contributed by atoms with E-state index in [1.165, 1.54) is 23.1 Å². The van der Waals surface area contributed by atoms with Crippen LogP contribution in [0.1, 0.15) is 24.1 Å².